The van der Waals surface area contributed by atoms with Gasteiger partial charge in [-0.05, 0) is 46.1 Å². The third kappa shape index (κ3) is 5.77. The van der Waals surface area contributed by atoms with Gasteiger partial charge in [-0.3, -0.25) is 0 Å². The molecule has 0 aromatic carbocycles. The van der Waals surface area contributed by atoms with Gasteiger partial charge >= 0.3 is 5.97 Å². The summed E-state index contributed by atoms with van der Waals surface area (Å²) < 4.78 is 16.5. The lowest BCUT2D eigenvalue weighted by atomic mass is 10.0. The Balaban J connectivity index is 2.40. The molecule has 2 atom stereocenters. The SMILES string of the molecule is CCCNC(C)(COCC1CCCCO1)C(=O)OCC. The van der Waals surface area contributed by atoms with Gasteiger partial charge in [-0.15, -0.1) is 0 Å². The number of ether oxygens (including phenoxy) is 3. The van der Waals surface area contributed by atoms with Gasteiger partial charge in [-0.2, -0.15) is 0 Å². The summed E-state index contributed by atoms with van der Waals surface area (Å²) in [6.45, 7) is 8.53. The summed E-state index contributed by atoms with van der Waals surface area (Å²) in [6, 6.07) is 0. The molecule has 118 valence electrons. The van der Waals surface area contributed by atoms with E-state index in [4.69, 9.17) is 14.2 Å². The molecule has 1 aliphatic heterocycles. The Morgan fingerprint density at radius 3 is 2.80 bits per heavy atom. The zero-order valence-corrected chi connectivity index (χ0v) is 13.1. The molecule has 2 unspecified atom stereocenters. The van der Waals surface area contributed by atoms with Crippen molar-refractivity contribution in [2.45, 2.75) is 58.1 Å². The predicted octanol–water partition coefficient (Wildman–Crippen LogP) is 1.89. The quantitative estimate of drug-likeness (QED) is 0.656. The largest absolute Gasteiger partial charge is 0.465 e. The minimum atomic E-state index is -0.777. The normalized spacial score (nSPS) is 22.2. The summed E-state index contributed by atoms with van der Waals surface area (Å²) in [5.74, 6) is -0.252. The highest BCUT2D eigenvalue weighted by Crippen LogP contribution is 2.14. The standard InChI is InChI=1S/C15H29NO4/c1-4-9-16-15(3,14(17)19-5-2)12-18-11-13-8-6-7-10-20-13/h13,16H,4-12H2,1-3H3. The summed E-state index contributed by atoms with van der Waals surface area (Å²) in [5.41, 5.74) is -0.777. The molecule has 0 spiro atoms. The highest BCUT2D eigenvalue weighted by Gasteiger charge is 2.34. The van der Waals surface area contributed by atoms with Crippen molar-refractivity contribution in [3.63, 3.8) is 0 Å². The molecule has 1 N–H and O–H groups in total. The molecule has 1 aliphatic rings. The molecule has 0 bridgehead atoms. The van der Waals surface area contributed by atoms with E-state index in [-0.39, 0.29) is 12.1 Å². The van der Waals surface area contributed by atoms with Crippen LogP contribution < -0.4 is 5.32 Å². The molecule has 5 nitrogen and oxygen atoms in total. The molecular formula is C15H29NO4. The summed E-state index contributed by atoms with van der Waals surface area (Å²) in [6.07, 6.45) is 4.49. The first-order chi connectivity index (χ1) is 9.62. The van der Waals surface area contributed by atoms with Crippen LogP contribution in [0.5, 0.6) is 0 Å². The molecule has 0 aliphatic carbocycles. The third-order valence-electron chi connectivity index (χ3n) is 3.46. The minimum Gasteiger partial charge on any atom is -0.465 e. The van der Waals surface area contributed by atoms with Crippen LogP contribution in [0, 0.1) is 0 Å². The lowest BCUT2D eigenvalue weighted by molar-refractivity contribution is -0.154. The van der Waals surface area contributed by atoms with Crippen molar-refractivity contribution < 1.29 is 19.0 Å². The molecule has 20 heavy (non-hydrogen) atoms. The molecule has 0 aromatic heterocycles. The number of nitrogens with one attached hydrogen (secondary N) is 1. The number of carbonyl (C=O) groups is 1. The fourth-order valence-corrected chi connectivity index (χ4v) is 2.21. The first-order valence-corrected chi connectivity index (χ1v) is 7.74. The predicted molar refractivity (Wildman–Crippen MR) is 77.7 cm³/mol. The Bertz CT molecular complexity index is 279. The maximum atomic E-state index is 12.1. The van der Waals surface area contributed by atoms with E-state index in [1.807, 2.05) is 13.8 Å². The molecule has 0 amide bonds. The average Bonchev–Trinajstić information content (AvgIpc) is 2.46. The topological polar surface area (TPSA) is 56.8 Å². The van der Waals surface area contributed by atoms with Gasteiger partial charge in [-0.1, -0.05) is 6.92 Å². The van der Waals surface area contributed by atoms with Crippen molar-refractivity contribution in [2.75, 3.05) is 33.0 Å². The van der Waals surface area contributed by atoms with Crippen LogP contribution in [-0.2, 0) is 19.0 Å². The molecule has 5 heteroatoms. The Morgan fingerprint density at radius 1 is 1.40 bits per heavy atom. The molecule has 1 saturated heterocycles. The van der Waals surface area contributed by atoms with Crippen molar-refractivity contribution >= 4 is 5.97 Å². The Labute approximate surface area is 122 Å². The Hall–Kier alpha value is -0.650. The maximum Gasteiger partial charge on any atom is 0.328 e. The molecular weight excluding hydrogens is 258 g/mol. The Morgan fingerprint density at radius 2 is 2.20 bits per heavy atom. The van der Waals surface area contributed by atoms with Crippen molar-refractivity contribution in [1.29, 1.82) is 0 Å². The number of hydrogen-bond donors (Lipinski definition) is 1. The first kappa shape index (κ1) is 17.4. The van der Waals surface area contributed by atoms with Crippen LogP contribution in [0.15, 0.2) is 0 Å². The van der Waals surface area contributed by atoms with Crippen LogP contribution in [0.4, 0.5) is 0 Å². The number of esters is 1. The highest BCUT2D eigenvalue weighted by atomic mass is 16.5. The second-order valence-corrected chi connectivity index (χ2v) is 5.48. The van der Waals surface area contributed by atoms with Gasteiger partial charge in [0.15, 0.2) is 0 Å². The van der Waals surface area contributed by atoms with E-state index < -0.39 is 5.54 Å². The number of hydrogen-bond acceptors (Lipinski definition) is 5. The second-order valence-electron chi connectivity index (χ2n) is 5.48. The smallest absolute Gasteiger partial charge is 0.328 e. The molecule has 0 radical (unpaired) electrons. The van der Waals surface area contributed by atoms with Gasteiger partial charge in [-0.25, -0.2) is 4.79 Å². The van der Waals surface area contributed by atoms with Crippen molar-refractivity contribution in [3.05, 3.63) is 0 Å². The van der Waals surface area contributed by atoms with Crippen LogP contribution in [0.2, 0.25) is 0 Å². The summed E-state index contributed by atoms with van der Waals surface area (Å²) in [7, 11) is 0. The van der Waals surface area contributed by atoms with Crippen molar-refractivity contribution in [3.8, 4) is 0 Å². The van der Waals surface area contributed by atoms with Crippen LogP contribution in [0.3, 0.4) is 0 Å². The molecule has 1 rings (SSSR count). The van der Waals surface area contributed by atoms with Gasteiger partial charge < -0.3 is 19.5 Å². The lowest BCUT2D eigenvalue weighted by Gasteiger charge is -2.29. The fourth-order valence-electron chi connectivity index (χ4n) is 2.21. The minimum absolute atomic E-state index is 0.168. The van der Waals surface area contributed by atoms with E-state index in [1.54, 1.807) is 0 Å². The fraction of sp³-hybridized carbons (Fsp3) is 0.933. The van der Waals surface area contributed by atoms with Gasteiger partial charge in [0, 0.05) is 6.61 Å². The van der Waals surface area contributed by atoms with E-state index in [9.17, 15) is 4.79 Å². The lowest BCUT2D eigenvalue weighted by Crippen LogP contribution is -2.54. The highest BCUT2D eigenvalue weighted by molar-refractivity contribution is 5.80. The van der Waals surface area contributed by atoms with Crippen LogP contribution in [0.1, 0.15) is 46.5 Å². The van der Waals surface area contributed by atoms with Crippen LogP contribution >= 0.6 is 0 Å². The molecule has 0 aromatic rings. The molecule has 1 heterocycles. The summed E-state index contributed by atoms with van der Waals surface area (Å²) in [4.78, 5) is 12.1. The van der Waals surface area contributed by atoms with E-state index in [1.165, 1.54) is 6.42 Å². The van der Waals surface area contributed by atoms with Gasteiger partial charge in [0.1, 0.15) is 5.54 Å². The monoisotopic (exact) mass is 287 g/mol. The van der Waals surface area contributed by atoms with Gasteiger partial charge in [0.05, 0.1) is 25.9 Å². The third-order valence-corrected chi connectivity index (χ3v) is 3.46. The van der Waals surface area contributed by atoms with Gasteiger partial charge in [0.2, 0.25) is 0 Å². The summed E-state index contributed by atoms with van der Waals surface area (Å²) in [5, 5.41) is 3.23. The molecule has 1 fully saturated rings. The maximum absolute atomic E-state index is 12.1. The van der Waals surface area contributed by atoms with Crippen LogP contribution in [-0.4, -0.2) is 50.6 Å². The first-order valence-electron chi connectivity index (χ1n) is 7.74. The van der Waals surface area contributed by atoms with Gasteiger partial charge in [0.25, 0.3) is 0 Å². The van der Waals surface area contributed by atoms with Crippen molar-refractivity contribution in [1.82, 2.24) is 5.32 Å². The number of rotatable bonds is 9. The Kier molecular flexibility index (Phi) is 8.11. The van der Waals surface area contributed by atoms with Crippen LogP contribution in [0.25, 0.3) is 0 Å². The van der Waals surface area contributed by atoms with E-state index in [0.29, 0.717) is 19.8 Å². The van der Waals surface area contributed by atoms with E-state index >= 15 is 0 Å². The van der Waals surface area contributed by atoms with Crippen molar-refractivity contribution in [2.24, 2.45) is 0 Å². The number of carbonyl (C=O) groups excluding carboxylic acids is 1. The zero-order valence-electron chi connectivity index (χ0n) is 13.1. The average molecular weight is 287 g/mol. The van der Waals surface area contributed by atoms with E-state index in [2.05, 4.69) is 12.2 Å². The van der Waals surface area contributed by atoms with E-state index in [0.717, 1.165) is 32.4 Å². The zero-order chi connectivity index (χ0) is 14.8. The second kappa shape index (κ2) is 9.32. The summed E-state index contributed by atoms with van der Waals surface area (Å²) >= 11 is 0. The molecule has 0 saturated carbocycles.